The molecule has 0 radical (unpaired) electrons. The van der Waals surface area contributed by atoms with Gasteiger partial charge < -0.3 is 30.1 Å². The molecule has 1 saturated heterocycles. The summed E-state index contributed by atoms with van der Waals surface area (Å²) in [5, 5.41) is 14.9. The number of thioether (sulfide) groups is 1. The van der Waals surface area contributed by atoms with Crippen LogP contribution in [0.4, 0.5) is 0 Å². The van der Waals surface area contributed by atoms with Crippen molar-refractivity contribution in [2.75, 3.05) is 19.5 Å². The fourth-order valence-corrected chi connectivity index (χ4v) is 4.05. The zero-order chi connectivity index (χ0) is 21.1. The van der Waals surface area contributed by atoms with Crippen molar-refractivity contribution in [3.8, 4) is 0 Å². The van der Waals surface area contributed by atoms with E-state index in [9.17, 15) is 24.3 Å². The Morgan fingerprint density at radius 1 is 1.48 bits per heavy atom. The molecule has 2 atom stereocenters. The highest BCUT2D eigenvalue weighted by atomic mass is 32.2. The van der Waals surface area contributed by atoms with Gasteiger partial charge in [-0.05, 0) is 12.1 Å². The molecule has 13 heteroatoms. The number of aliphatic carboxylic acids is 1. The number of nitrogens with one attached hydrogen (secondary N) is 1. The summed E-state index contributed by atoms with van der Waals surface area (Å²) >= 11 is 1.17. The van der Waals surface area contributed by atoms with Crippen molar-refractivity contribution in [3.05, 3.63) is 35.6 Å². The Morgan fingerprint density at radius 3 is 2.83 bits per heavy atom. The van der Waals surface area contributed by atoms with E-state index in [4.69, 9.17) is 14.9 Å². The Hall–Kier alpha value is -3.48. The number of nitrogens with two attached hydrogens (primary N) is 1. The minimum absolute atomic E-state index is 0.0482. The number of ether oxygens (including phenoxy) is 1. The van der Waals surface area contributed by atoms with Crippen LogP contribution >= 0.6 is 11.8 Å². The number of nitrogens with zero attached hydrogens (tertiary/aromatic N) is 2. The molecule has 29 heavy (non-hydrogen) atoms. The van der Waals surface area contributed by atoms with E-state index in [2.05, 4.69) is 15.3 Å². The maximum Gasteiger partial charge on any atom is 0.356 e. The molecule has 0 bridgehead atoms. The van der Waals surface area contributed by atoms with Gasteiger partial charge in [-0.2, -0.15) is 0 Å². The monoisotopic (exact) mass is 424 g/mol. The molecule has 3 heterocycles. The summed E-state index contributed by atoms with van der Waals surface area (Å²) in [6.45, 7) is -0.514. The summed E-state index contributed by atoms with van der Waals surface area (Å²) in [4.78, 5) is 53.3. The summed E-state index contributed by atoms with van der Waals surface area (Å²) in [6.07, 6.45) is 1.35. The molecule has 3 rings (SSSR count). The normalized spacial score (nSPS) is 21.2. The van der Waals surface area contributed by atoms with Crippen LogP contribution in [0.25, 0.3) is 0 Å². The Balaban J connectivity index is 1.77. The Labute approximate surface area is 167 Å². The highest BCUT2D eigenvalue weighted by Gasteiger charge is 2.55. The Kier molecular flexibility index (Phi) is 5.77. The number of hydrogen-bond acceptors (Lipinski definition) is 9. The number of amides is 3. The summed E-state index contributed by atoms with van der Waals surface area (Å²) in [6, 6.07) is 2.06. The second-order valence-electron chi connectivity index (χ2n) is 5.79. The van der Waals surface area contributed by atoms with Gasteiger partial charge in [0.2, 0.25) is 5.71 Å². The van der Waals surface area contributed by atoms with Crippen LogP contribution in [0.15, 0.2) is 39.4 Å². The predicted molar refractivity (Wildman–Crippen MR) is 97.1 cm³/mol. The van der Waals surface area contributed by atoms with Gasteiger partial charge in [0.15, 0.2) is 18.1 Å². The first-order valence-electron chi connectivity index (χ1n) is 8.13. The van der Waals surface area contributed by atoms with Crippen molar-refractivity contribution in [3.63, 3.8) is 0 Å². The van der Waals surface area contributed by atoms with Crippen LogP contribution in [-0.4, -0.2) is 70.3 Å². The molecule has 0 aromatic carbocycles. The van der Waals surface area contributed by atoms with Gasteiger partial charge in [0.1, 0.15) is 24.3 Å². The average molecular weight is 424 g/mol. The average Bonchev–Trinajstić information content (AvgIpc) is 3.21. The standard InChI is InChI=1S/C16H16N4O8S/c1-26-19-10(7-3-2-4-27-7)13(22)18-11-14(23)20-12(16(24)25)8(6-29-15(11)20)28-5-9(17)21/h2-4,11,15H,5-6H2,1H3,(H2,17,21)(H,18,22)(H,24,25)/b19-10+. The van der Waals surface area contributed by atoms with Crippen molar-refractivity contribution in [2.45, 2.75) is 11.4 Å². The van der Waals surface area contributed by atoms with Gasteiger partial charge >= 0.3 is 5.97 Å². The highest BCUT2D eigenvalue weighted by Crippen LogP contribution is 2.40. The van der Waals surface area contributed by atoms with Crippen molar-refractivity contribution >= 4 is 41.2 Å². The largest absolute Gasteiger partial charge is 0.485 e. The Bertz CT molecular complexity index is 910. The summed E-state index contributed by atoms with van der Waals surface area (Å²) in [5.74, 6) is -3.39. The molecule has 2 unspecified atom stereocenters. The minimum atomic E-state index is -1.40. The van der Waals surface area contributed by atoms with Crippen LogP contribution in [0.2, 0.25) is 0 Å². The molecule has 3 amide bonds. The lowest BCUT2D eigenvalue weighted by molar-refractivity contribution is -0.150. The Morgan fingerprint density at radius 2 is 2.24 bits per heavy atom. The summed E-state index contributed by atoms with van der Waals surface area (Å²) in [7, 11) is 1.25. The van der Waals surface area contributed by atoms with E-state index in [1.807, 2.05) is 0 Å². The number of carbonyl (C=O) groups excluding carboxylic acids is 3. The first-order valence-corrected chi connectivity index (χ1v) is 9.18. The number of oxime groups is 1. The smallest absolute Gasteiger partial charge is 0.356 e. The van der Waals surface area contributed by atoms with Gasteiger partial charge in [-0.3, -0.25) is 19.3 Å². The number of β-lactam (4-membered cyclic amide) rings is 1. The van der Waals surface area contributed by atoms with E-state index in [-0.39, 0.29) is 28.7 Å². The molecule has 12 nitrogen and oxygen atoms in total. The van der Waals surface area contributed by atoms with Crippen LogP contribution in [-0.2, 0) is 28.8 Å². The topological polar surface area (TPSA) is 174 Å². The maximum atomic E-state index is 12.6. The third-order valence-electron chi connectivity index (χ3n) is 3.96. The molecule has 0 aliphatic carbocycles. The van der Waals surface area contributed by atoms with Crippen molar-refractivity contribution in [2.24, 2.45) is 10.9 Å². The SMILES string of the molecule is CO/N=C(/C(=O)NC1C(=O)N2C(C(=O)O)=C(OCC(N)=O)CSC12)c1ccco1. The zero-order valence-electron chi connectivity index (χ0n) is 15.0. The van der Waals surface area contributed by atoms with Crippen LogP contribution in [0, 0.1) is 0 Å². The molecule has 1 aromatic rings. The first kappa shape index (κ1) is 20.3. The molecular weight excluding hydrogens is 408 g/mol. The van der Waals surface area contributed by atoms with E-state index in [1.165, 1.54) is 31.2 Å². The van der Waals surface area contributed by atoms with Crippen LogP contribution in [0.1, 0.15) is 5.76 Å². The number of rotatable bonds is 8. The number of hydrogen-bond donors (Lipinski definition) is 3. The number of carboxylic acids is 1. The maximum absolute atomic E-state index is 12.6. The number of primary amides is 1. The van der Waals surface area contributed by atoms with E-state index in [1.54, 1.807) is 6.07 Å². The van der Waals surface area contributed by atoms with Gasteiger partial charge in [-0.25, -0.2) is 4.79 Å². The fraction of sp³-hybridized carbons (Fsp3) is 0.312. The van der Waals surface area contributed by atoms with Gasteiger partial charge in [0.25, 0.3) is 17.7 Å². The highest BCUT2D eigenvalue weighted by molar-refractivity contribution is 8.00. The quantitative estimate of drug-likeness (QED) is 0.264. The van der Waals surface area contributed by atoms with Gasteiger partial charge in [-0.15, -0.1) is 11.8 Å². The lowest BCUT2D eigenvalue weighted by atomic mass is 10.0. The number of fused-ring (bicyclic) bond motifs is 1. The van der Waals surface area contributed by atoms with E-state index < -0.39 is 41.7 Å². The fourth-order valence-electron chi connectivity index (χ4n) is 2.77. The summed E-state index contributed by atoms with van der Waals surface area (Å²) < 4.78 is 10.3. The molecule has 1 aromatic heterocycles. The molecule has 0 spiro atoms. The molecule has 4 N–H and O–H groups in total. The van der Waals surface area contributed by atoms with Crippen LogP contribution in [0.5, 0.6) is 0 Å². The third-order valence-corrected chi connectivity index (χ3v) is 5.22. The predicted octanol–water partition coefficient (Wildman–Crippen LogP) is -1.17. The van der Waals surface area contributed by atoms with E-state index >= 15 is 0 Å². The van der Waals surface area contributed by atoms with Crippen LogP contribution < -0.4 is 11.1 Å². The van der Waals surface area contributed by atoms with Gasteiger partial charge in [0, 0.05) is 0 Å². The second kappa shape index (κ2) is 8.26. The minimum Gasteiger partial charge on any atom is -0.485 e. The van der Waals surface area contributed by atoms with E-state index in [0.29, 0.717) is 0 Å². The lowest BCUT2D eigenvalue weighted by Gasteiger charge is -2.48. The van der Waals surface area contributed by atoms with Crippen LogP contribution in [0.3, 0.4) is 0 Å². The number of carboxylic acid groups (broad SMARTS) is 1. The summed E-state index contributed by atoms with van der Waals surface area (Å²) in [5.41, 5.74) is 4.44. The lowest BCUT2D eigenvalue weighted by Crippen LogP contribution is -2.71. The molecule has 2 aliphatic heterocycles. The molecule has 1 fully saturated rings. The zero-order valence-corrected chi connectivity index (χ0v) is 15.8. The molecular formula is C16H16N4O8S. The van der Waals surface area contributed by atoms with Crippen molar-refractivity contribution in [1.82, 2.24) is 10.2 Å². The molecule has 2 aliphatic rings. The first-order chi connectivity index (χ1) is 13.8. The van der Waals surface area contributed by atoms with Gasteiger partial charge in [0.05, 0.1) is 12.0 Å². The van der Waals surface area contributed by atoms with Gasteiger partial charge in [-0.1, -0.05) is 5.16 Å². The number of carbonyl (C=O) groups is 4. The third kappa shape index (κ3) is 3.89. The molecule has 0 saturated carbocycles. The second-order valence-corrected chi connectivity index (χ2v) is 6.90. The number of furan rings is 1. The van der Waals surface area contributed by atoms with Crippen molar-refractivity contribution in [1.29, 1.82) is 0 Å². The van der Waals surface area contributed by atoms with Crippen molar-refractivity contribution < 1.29 is 38.3 Å². The van der Waals surface area contributed by atoms with E-state index in [0.717, 1.165) is 4.90 Å². The molecule has 154 valence electrons.